The van der Waals surface area contributed by atoms with Crippen LogP contribution in [0, 0.1) is 17.5 Å². The van der Waals surface area contributed by atoms with Gasteiger partial charge in [0.25, 0.3) is 0 Å². The Morgan fingerprint density at radius 1 is 0.737 bits per heavy atom. The van der Waals surface area contributed by atoms with Gasteiger partial charge in [-0.15, -0.1) is 0 Å². The van der Waals surface area contributed by atoms with Crippen LogP contribution in [0.25, 0.3) is 11.1 Å². The first-order chi connectivity index (χ1) is 8.91. The van der Waals surface area contributed by atoms with E-state index in [0.717, 1.165) is 12.1 Å². The van der Waals surface area contributed by atoms with Crippen molar-refractivity contribution in [3.05, 3.63) is 59.9 Å². The molecule has 3 nitrogen and oxygen atoms in total. The van der Waals surface area contributed by atoms with Crippen LogP contribution in [0.2, 0.25) is 0 Å². The fraction of sp³-hybridized carbons (Fsp3) is 0. The third kappa shape index (κ3) is 4.74. The molecular weight excluding hydrogens is 260 g/mol. The van der Waals surface area contributed by atoms with Gasteiger partial charge in [0.05, 0.1) is 0 Å². The quantitative estimate of drug-likeness (QED) is 0.546. The van der Waals surface area contributed by atoms with Gasteiger partial charge in [-0.05, 0) is 23.3 Å². The molecule has 0 unspecified atom stereocenters. The van der Waals surface area contributed by atoms with E-state index in [0.29, 0.717) is 11.1 Å². The summed E-state index contributed by atoms with van der Waals surface area (Å²) < 4.78 is 38.5. The predicted octanol–water partition coefficient (Wildman–Crippen LogP) is 1.72. The molecule has 0 heterocycles. The SMILES string of the molecule is Fc1cc(-c2ccccc2)cc(F)c1F.OB(O)O. The molecule has 19 heavy (non-hydrogen) atoms. The molecule has 7 heteroatoms. The van der Waals surface area contributed by atoms with E-state index in [9.17, 15) is 13.2 Å². The van der Waals surface area contributed by atoms with E-state index in [1.807, 2.05) is 0 Å². The molecule has 0 aliphatic rings. The zero-order valence-corrected chi connectivity index (χ0v) is 9.59. The molecule has 0 fully saturated rings. The van der Waals surface area contributed by atoms with Gasteiger partial charge >= 0.3 is 7.32 Å². The van der Waals surface area contributed by atoms with Gasteiger partial charge in [-0.1, -0.05) is 30.3 Å². The van der Waals surface area contributed by atoms with Crippen molar-refractivity contribution in [2.75, 3.05) is 0 Å². The van der Waals surface area contributed by atoms with Crippen molar-refractivity contribution < 1.29 is 28.2 Å². The van der Waals surface area contributed by atoms with Gasteiger partial charge in [-0.25, -0.2) is 13.2 Å². The van der Waals surface area contributed by atoms with Crippen molar-refractivity contribution in [1.29, 1.82) is 0 Å². The van der Waals surface area contributed by atoms with Crippen LogP contribution >= 0.6 is 0 Å². The Kier molecular flexibility index (Phi) is 5.56. The van der Waals surface area contributed by atoms with E-state index in [1.54, 1.807) is 30.3 Å². The maximum absolute atomic E-state index is 12.9. The lowest BCUT2D eigenvalue weighted by molar-refractivity contribution is 0.278. The highest BCUT2D eigenvalue weighted by atomic mass is 19.2. The second kappa shape index (κ2) is 6.94. The molecule has 2 aromatic carbocycles. The Bertz CT molecular complexity index is 509. The van der Waals surface area contributed by atoms with Gasteiger partial charge in [0, 0.05) is 0 Å². The minimum absolute atomic E-state index is 0.326. The van der Waals surface area contributed by atoms with E-state index in [4.69, 9.17) is 15.1 Å². The van der Waals surface area contributed by atoms with E-state index in [-0.39, 0.29) is 0 Å². The topological polar surface area (TPSA) is 60.7 Å². The maximum Gasteiger partial charge on any atom is 0.631 e. The highest BCUT2D eigenvalue weighted by Crippen LogP contribution is 2.23. The van der Waals surface area contributed by atoms with E-state index >= 15 is 0 Å². The molecule has 0 bridgehead atoms. The summed E-state index contributed by atoms with van der Waals surface area (Å²) >= 11 is 0. The summed E-state index contributed by atoms with van der Waals surface area (Å²) in [7, 11) is -2.17. The second-order valence-corrected chi connectivity index (χ2v) is 3.47. The van der Waals surface area contributed by atoms with E-state index in [1.165, 1.54) is 0 Å². The van der Waals surface area contributed by atoms with Crippen LogP contribution in [-0.4, -0.2) is 22.4 Å². The zero-order chi connectivity index (χ0) is 14.4. The van der Waals surface area contributed by atoms with Crippen molar-refractivity contribution in [1.82, 2.24) is 0 Å². The first kappa shape index (κ1) is 15.2. The standard InChI is InChI=1S/C12H7F3.BH3O3/c13-10-6-9(7-11(14)12(10)15)8-4-2-1-3-5-8;2-1(3)4/h1-7H;2-4H. The molecule has 0 aliphatic carbocycles. The van der Waals surface area contributed by atoms with Crippen LogP contribution in [0.15, 0.2) is 42.5 Å². The number of benzene rings is 2. The lowest BCUT2D eigenvalue weighted by Gasteiger charge is -2.02. The molecule has 2 rings (SSSR count). The zero-order valence-electron chi connectivity index (χ0n) is 9.59. The summed E-state index contributed by atoms with van der Waals surface area (Å²) in [4.78, 5) is 0. The normalized spacial score (nSPS) is 9.58. The molecule has 2 aromatic rings. The lowest BCUT2D eigenvalue weighted by atomic mass is 10.1. The molecule has 0 saturated heterocycles. The molecule has 0 spiro atoms. The first-order valence-electron chi connectivity index (χ1n) is 5.16. The summed E-state index contributed by atoms with van der Waals surface area (Å²) in [6, 6.07) is 10.6. The average Bonchev–Trinajstić information content (AvgIpc) is 2.36. The van der Waals surface area contributed by atoms with Crippen molar-refractivity contribution in [3.63, 3.8) is 0 Å². The van der Waals surface area contributed by atoms with Crippen molar-refractivity contribution >= 4 is 7.32 Å². The minimum Gasteiger partial charge on any atom is -0.402 e. The largest absolute Gasteiger partial charge is 0.631 e. The number of halogens is 3. The third-order valence-electron chi connectivity index (χ3n) is 2.09. The van der Waals surface area contributed by atoms with Gasteiger partial charge in [0.15, 0.2) is 17.5 Å². The van der Waals surface area contributed by atoms with Crippen molar-refractivity contribution in [2.45, 2.75) is 0 Å². The Labute approximate surface area is 107 Å². The van der Waals surface area contributed by atoms with E-state index < -0.39 is 24.8 Å². The van der Waals surface area contributed by atoms with Crippen molar-refractivity contribution in [3.8, 4) is 11.1 Å². The van der Waals surface area contributed by atoms with Crippen LogP contribution in [0.3, 0.4) is 0 Å². The summed E-state index contributed by atoms with van der Waals surface area (Å²) in [6.07, 6.45) is 0. The smallest absolute Gasteiger partial charge is 0.402 e. The van der Waals surface area contributed by atoms with E-state index in [2.05, 4.69) is 0 Å². The van der Waals surface area contributed by atoms with Gasteiger partial charge in [-0.2, -0.15) is 0 Å². The number of rotatable bonds is 1. The van der Waals surface area contributed by atoms with Gasteiger partial charge in [0.1, 0.15) is 0 Å². The molecule has 100 valence electrons. The van der Waals surface area contributed by atoms with Gasteiger partial charge in [-0.3, -0.25) is 0 Å². The molecule has 0 atom stereocenters. The molecule has 3 N–H and O–H groups in total. The van der Waals surface area contributed by atoms with Crippen LogP contribution < -0.4 is 0 Å². The average molecular weight is 270 g/mol. The number of hydrogen-bond donors (Lipinski definition) is 3. The predicted molar refractivity (Wildman–Crippen MR) is 64.2 cm³/mol. The number of hydrogen-bond acceptors (Lipinski definition) is 3. The summed E-state index contributed by atoms with van der Waals surface area (Å²) in [6.45, 7) is 0. The molecule has 0 amide bonds. The van der Waals surface area contributed by atoms with Crippen LogP contribution in [-0.2, 0) is 0 Å². The highest BCUT2D eigenvalue weighted by Gasteiger charge is 2.10. The second-order valence-electron chi connectivity index (χ2n) is 3.47. The summed E-state index contributed by atoms with van der Waals surface area (Å²) in [5.74, 6) is -3.78. The fourth-order valence-corrected chi connectivity index (χ4v) is 1.35. The van der Waals surface area contributed by atoms with Crippen LogP contribution in [0.1, 0.15) is 0 Å². The first-order valence-corrected chi connectivity index (χ1v) is 5.16. The maximum atomic E-state index is 12.9. The Morgan fingerprint density at radius 3 is 1.58 bits per heavy atom. The lowest BCUT2D eigenvalue weighted by Crippen LogP contribution is -2.07. The Balaban J connectivity index is 0.000000399. The molecule has 0 saturated carbocycles. The van der Waals surface area contributed by atoms with Crippen LogP contribution in [0.4, 0.5) is 13.2 Å². The van der Waals surface area contributed by atoms with Crippen molar-refractivity contribution in [2.24, 2.45) is 0 Å². The highest BCUT2D eigenvalue weighted by molar-refractivity contribution is 6.30. The fourth-order valence-electron chi connectivity index (χ4n) is 1.35. The van der Waals surface area contributed by atoms with Gasteiger partial charge < -0.3 is 15.1 Å². The third-order valence-corrected chi connectivity index (χ3v) is 2.09. The molecule has 0 radical (unpaired) electrons. The van der Waals surface area contributed by atoms with Gasteiger partial charge in [0.2, 0.25) is 0 Å². The summed E-state index contributed by atoms with van der Waals surface area (Å²) in [5, 5.41) is 21.5. The summed E-state index contributed by atoms with van der Waals surface area (Å²) in [5.41, 5.74) is 0.974. The molecular formula is C12H10BF3O3. The molecule has 0 aromatic heterocycles. The monoisotopic (exact) mass is 270 g/mol. The Morgan fingerprint density at radius 2 is 1.16 bits per heavy atom. The minimum atomic E-state index is -2.17. The van der Waals surface area contributed by atoms with Crippen LogP contribution in [0.5, 0.6) is 0 Å². The Hall–Kier alpha value is -1.83. The molecule has 0 aliphatic heterocycles.